The maximum atomic E-state index is 6.14. The molecule has 22 heavy (non-hydrogen) atoms. The molecule has 0 radical (unpaired) electrons. The average molecular weight is 320 g/mol. The van der Waals surface area contributed by atoms with Crippen molar-refractivity contribution < 1.29 is 0 Å². The van der Waals surface area contributed by atoms with Crippen molar-refractivity contribution in [2.24, 2.45) is 5.41 Å². The van der Waals surface area contributed by atoms with E-state index in [-0.39, 0.29) is 0 Å². The molecule has 0 aromatic carbocycles. The first-order valence-corrected chi connectivity index (χ1v) is 8.13. The summed E-state index contributed by atoms with van der Waals surface area (Å²) in [6, 6.07) is 4.15. The molecule has 1 N–H and O–H groups in total. The zero-order valence-corrected chi connectivity index (χ0v) is 14.1. The predicted molar refractivity (Wildman–Crippen MR) is 88.6 cm³/mol. The van der Waals surface area contributed by atoms with Crippen LogP contribution in [0.5, 0.6) is 0 Å². The molecule has 2 heterocycles. The van der Waals surface area contributed by atoms with Crippen molar-refractivity contribution in [3.8, 4) is 5.95 Å². The van der Waals surface area contributed by atoms with Gasteiger partial charge in [-0.2, -0.15) is 15.1 Å². The number of aryl methyl sites for hydroxylation is 1. The van der Waals surface area contributed by atoms with Gasteiger partial charge in [-0.15, -0.1) is 0 Å². The van der Waals surface area contributed by atoms with Gasteiger partial charge in [-0.1, -0.05) is 25.4 Å². The molecule has 3 rings (SSSR count). The lowest BCUT2D eigenvalue weighted by molar-refractivity contribution is 0.232. The van der Waals surface area contributed by atoms with E-state index >= 15 is 0 Å². The van der Waals surface area contributed by atoms with Crippen LogP contribution in [0.1, 0.15) is 45.2 Å². The fourth-order valence-corrected chi connectivity index (χ4v) is 3.04. The number of anilines is 1. The van der Waals surface area contributed by atoms with E-state index in [0.29, 0.717) is 22.6 Å². The molecule has 0 atom stereocenters. The van der Waals surface area contributed by atoms with Crippen LogP contribution in [0.15, 0.2) is 18.3 Å². The molecule has 1 fully saturated rings. The maximum absolute atomic E-state index is 6.14. The number of rotatable bonds is 3. The Morgan fingerprint density at radius 1 is 1.27 bits per heavy atom. The fraction of sp³-hybridized carbons (Fsp3) is 0.562. The Hall–Kier alpha value is -1.62. The highest BCUT2D eigenvalue weighted by Gasteiger charge is 2.27. The van der Waals surface area contributed by atoms with Gasteiger partial charge in [0.15, 0.2) is 0 Å². The predicted octanol–water partition coefficient (Wildman–Crippen LogP) is 4.00. The summed E-state index contributed by atoms with van der Waals surface area (Å²) in [7, 11) is 0. The molecular formula is C16H22ClN5. The summed E-state index contributed by atoms with van der Waals surface area (Å²) in [5.74, 6) is 1.27. The second kappa shape index (κ2) is 5.88. The van der Waals surface area contributed by atoms with Crippen LogP contribution in [0.3, 0.4) is 0 Å². The highest BCUT2D eigenvalue weighted by atomic mass is 35.5. The minimum absolute atomic E-state index is 0.428. The molecule has 0 aliphatic heterocycles. The fourth-order valence-electron chi connectivity index (χ4n) is 2.86. The van der Waals surface area contributed by atoms with Gasteiger partial charge in [0.1, 0.15) is 11.0 Å². The maximum Gasteiger partial charge on any atom is 0.253 e. The normalized spacial score (nSPS) is 18.4. The number of aromatic nitrogens is 4. The average Bonchev–Trinajstić information content (AvgIpc) is 2.87. The van der Waals surface area contributed by atoms with Gasteiger partial charge in [0.25, 0.3) is 5.95 Å². The molecule has 118 valence electrons. The topological polar surface area (TPSA) is 55.6 Å². The summed E-state index contributed by atoms with van der Waals surface area (Å²) in [5, 5.41) is 8.26. The Labute approximate surface area is 136 Å². The molecule has 6 heteroatoms. The Bertz CT molecular complexity index is 654. The Morgan fingerprint density at radius 2 is 2.00 bits per heavy atom. The third kappa shape index (κ3) is 3.58. The second-order valence-electron chi connectivity index (χ2n) is 6.86. The molecule has 0 amide bonds. The van der Waals surface area contributed by atoms with Crippen LogP contribution >= 0.6 is 11.6 Å². The number of hydrogen-bond acceptors (Lipinski definition) is 4. The van der Waals surface area contributed by atoms with E-state index in [0.717, 1.165) is 24.4 Å². The summed E-state index contributed by atoms with van der Waals surface area (Å²) >= 11 is 6.14. The van der Waals surface area contributed by atoms with Gasteiger partial charge in [-0.05, 0) is 44.1 Å². The van der Waals surface area contributed by atoms with Gasteiger partial charge in [0.05, 0.1) is 5.69 Å². The van der Waals surface area contributed by atoms with Crippen LogP contribution in [0.4, 0.5) is 5.82 Å². The summed E-state index contributed by atoms with van der Waals surface area (Å²) in [6.45, 7) is 6.61. The molecule has 1 aliphatic carbocycles. The lowest BCUT2D eigenvalue weighted by Gasteiger charge is -2.34. The van der Waals surface area contributed by atoms with Crippen molar-refractivity contribution in [1.29, 1.82) is 0 Å². The monoisotopic (exact) mass is 319 g/mol. The first-order chi connectivity index (χ1) is 10.4. The van der Waals surface area contributed by atoms with Crippen molar-refractivity contribution in [3.63, 3.8) is 0 Å². The smallest absolute Gasteiger partial charge is 0.253 e. The number of nitrogens with zero attached hydrogens (tertiary/aromatic N) is 4. The van der Waals surface area contributed by atoms with Crippen molar-refractivity contribution in [1.82, 2.24) is 19.7 Å². The van der Waals surface area contributed by atoms with Gasteiger partial charge in [-0.25, -0.2) is 4.68 Å². The van der Waals surface area contributed by atoms with Crippen LogP contribution in [0.25, 0.3) is 5.95 Å². The van der Waals surface area contributed by atoms with E-state index in [4.69, 9.17) is 11.6 Å². The molecule has 0 bridgehead atoms. The first kappa shape index (κ1) is 15.3. The molecule has 5 nitrogen and oxygen atoms in total. The van der Waals surface area contributed by atoms with Crippen LogP contribution in [0, 0.1) is 12.3 Å². The first-order valence-electron chi connectivity index (χ1n) is 7.75. The van der Waals surface area contributed by atoms with Crippen molar-refractivity contribution in [2.45, 2.75) is 52.5 Å². The second-order valence-corrected chi connectivity index (χ2v) is 7.25. The third-order valence-corrected chi connectivity index (χ3v) is 4.50. The summed E-state index contributed by atoms with van der Waals surface area (Å²) in [4.78, 5) is 8.79. The molecular weight excluding hydrogens is 298 g/mol. The van der Waals surface area contributed by atoms with Crippen molar-refractivity contribution >= 4 is 17.4 Å². The van der Waals surface area contributed by atoms with Gasteiger partial charge in [-0.3, -0.25) is 0 Å². The molecule has 0 spiro atoms. The molecule has 0 saturated heterocycles. The minimum atomic E-state index is 0.428. The van der Waals surface area contributed by atoms with Gasteiger partial charge >= 0.3 is 0 Å². The van der Waals surface area contributed by atoms with E-state index in [1.807, 2.05) is 19.2 Å². The third-order valence-electron chi connectivity index (χ3n) is 4.30. The van der Waals surface area contributed by atoms with Crippen LogP contribution in [0.2, 0.25) is 5.15 Å². The van der Waals surface area contributed by atoms with E-state index in [1.54, 1.807) is 10.7 Å². The van der Waals surface area contributed by atoms with Crippen molar-refractivity contribution in [2.75, 3.05) is 5.32 Å². The summed E-state index contributed by atoms with van der Waals surface area (Å²) in [6.07, 6.45) is 6.62. The summed E-state index contributed by atoms with van der Waals surface area (Å²) in [5.41, 5.74) is 1.38. The van der Waals surface area contributed by atoms with E-state index < -0.39 is 0 Å². The summed E-state index contributed by atoms with van der Waals surface area (Å²) < 4.78 is 1.65. The minimum Gasteiger partial charge on any atom is -0.367 e. The highest BCUT2D eigenvalue weighted by Crippen LogP contribution is 2.36. The number of nitrogens with one attached hydrogen (secondary N) is 1. The van der Waals surface area contributed by atoms with Crippen molar-refractivity contribution in [3.05, 3.63) is 29.2 Å². The van der Waals surface area contributed by atoms with E-state index in [9.17, 15) is 0 Å². The van der Waals surface area contributed by atoms with Crippen LogP contribution in [-0.4, -0.2) is 25.8 Å². The molecule has 2 aromatic heterocycles. The van der Waals surface area contributed by atoms with Gasteiger partial charge in [0, 0.05) is 18.3 Å². The molecule has 1 aliphatic rings. The standard InChI is InChI=1S/C16H22ClN5/c1-11-6-9-22(21-11)15-19-13(17)10-14(20-15)18-12-4-7-16(2,3)8-5-12/h6,9-10,12H,4-5,7-8H2,1-3H3,(H,18,19,20). The highest BCUT2D eigenvalue weighted by molar-refractivity contribution is 6.29. The molecule has 1 saturated carbocycles. The SMILES string of the molecule is Cc1ccn(-c2nc(Cl)cc(NC3CCC(C)(C)CC3)n2)n1. The van der Waals surface area contributed by atoms with E-state index in [2.05, 4.69) is 34.2 Å². The largest absolute Gasteiger partial charge is 0.367 e. The molecule has 0 unspecified atom stereocenters. The van der Waals surface area contributed by atoms with E-state index in [1.165, 1.54) is 12.8 Å². The molecule has 2 aromatic rings. The zero-order chi connectivity index (χ0) is 15.7. The Balaban J connectivity index is 1.76. The van der Waals surface area contributed by atoms with Gasteiger partial charge < -0.3 is 5.32 Å². The number of hydrogen-bond donors (Lipinski definition) is 1. The Kier molecular flexibility index (Phi) is 4.08. The quantitative estimate of drug-likeness (QED) is 0.869. The lowest BCUT2D eigenvalue weighted by atomic mass is 9.75. The van der Waals surface area contributed by atoms with Crippen LogP contribution in [-0.2, 0) is 0 Å². The zero-order valence-electron chi connectivity index (χ0n) is 13.3. The lowest BCUT2D eigenvalue weighted by Crippen LogP contribution is -2.30. The number of halogens is 1. The van der Waals surface area contributed by atoms with Crippen LogP contribution < -0.4 is 5.32 Å². The Morgan fingerprint density at radius 3 is 2.64 bits per heavy atom. The van der Waals surface area contributed by atoms with Gasteiger partial charge in [0.2, 0.25) is 0 Å².